The van der Waals surface area contributed by atoms with E-state index < -0.39 is 0 Å². The Morgan fingerprint density at radius 3 is 2.47 bits per heavy atom. The molecular formula is C25H25N7. The number of pyridine rings is 2. The zero-order chi connectivity index (χ0) is 21.7. The summed E-state index contributed by atoms with van der Waals surface area (Å²) in [5, 5.41) is 6.72. The van der Waals surface area contributed by atoms with Crippen molar-refractivity contribution in [1.29, 1.82) is 0 Å². The van der Waals surface area contributed by atoms with Gasteiger partial charge in [0.2, 0.25) is 0 Å². The van der Waals surface area contributed by atoms with Crippen LogP contribution >= 0.6 is 0 Å². The fourth-order valence-electron chi connectivity index (χ4n) is 4.50. The fourth-order valence-corrected chi connectivity index (χ4v) is 4.50. The highest BCUT2D eigenvalue weighted by Gasteiger charge is 2.16. The minimum absolute atomic E-state index is 0.886. The molecular weight excluding hydrogens is 398 g/mol. The Kier molecular flexibility index (Phi) is 4.43. The summed E-state index contributed by atoms with van der Waals surface area (Å²) in [5.74, 6) is 1.04. The normalized spacial score (nSPS) is 15.1. The van der Waals surface area contributed by atoms with E-state index in [4.69, 9.17) is 4.98 Å². The predicted molar refractivity (Wildman–Crippen MR) is 129 cm³/mol. The van der Waals surface area contributed by atoms with Gasteiger partial charge in [-0.15, -0.1) is 0 Å². The zero-order valence-electron chi connectivity index (χ0n) is 18.3. The standard InChI is InChI=1S/C25H25N7/c1-30-7-9-32(10-8-30)24-6-4-18(13-26-24)19-12-21-22(15-28-25(21)27-14-19)17-3-5-23-20(11-17)16-31(2)29-23/h3-6,11-16H,7-10H2,1-2H3,(H,27,28). The molecule has 0 bridgehead atoms. The number of hydrogen-bond donors (Lipinski definition) is 1. The van der Waals surface area contributed by atoms with Gasteiger partial charge in [0, 0.05) is 85.5 Å². The van der Waals surface area contributed by atoms with E-state index in [2.05, 4.69) is 68.3 Å². The maximum absolute atomic E-state index is 4.75. The van der Waals surface area contributed by atoms with Crippen molar-refractivity contribution >= 4 is 27.8 Å². The molecule has 6 rings (SSSR count). The molecule has 0 radical (unpaired) electrons. The molecule has 1 N–H and O–H groups in total. The van der Waals surface area contributed by atoms with E-state index in [1.165, 1.54) is 0 Å². The number of anilines is 1. The number of piperazine rings is 1. The number of fused-ring (bicyclic) bond motifs is 2. The lowest BCUT2D eigenvalue weighted by molar-refractivity contribution is 0.312. The van der Waals surface area contributed by atoms with Crippen molar-refractivity contribution in [2.24, 2.45) is 7.05 Å². The molecule has 160 valence electrons. The molecule has 0 atom stereocenters. The van der Waals surface area contributed by atoms with Gasteiger partial charge in [-0.2, -0.15) is 5.10 Å². The Balaban J connectivity index is 1.34. The highest BCUT2D eigenvalue weighted by molar-refractivity contribution is 5.97. The average Bonchev–Trinajstić information content (AvgIpc) is 3.41. The summed E-state index contributed by atoms with van der Waals surface area (Å²) < 4.78 is 1.85. The lowest BCUT2D eigenvalue weighted by Gasteiger charge is -2.33. The van der Waals surface area contributed by atoms with E-state index in [0.29, 0.717) is 0 Å². The SMILES string of the molecule is CN1CCN(c2ccc(-c3cnc4[nH]cc(-c5ccc6nn(C)cc6c5)c4c3)cn2)CC1. The summed E-state index contributed by atoms with van der Waals surface area (Å²) >= 11 is 0. The van der Waals surface area contributed by atoms with E-state index in [9.17, 15) is 0 Å². The minimum atomic E-state index is 0.886. The Hall–Kier alpha value is -3.71. The van der Waals surface area contributed by atoms with E-state index in [1.54, 1.807) is 0 Å². The first-order chi connectivity index (χ1) is 15.6. The molecule has 1 saturated heterocycles. The summed E-state index contributed by atoms with van der Waals surface area (Å²) in [5.41, 5.74) is 6.32. The second kappa shape index (κ2) is 7.46. The van der Waals surface area contributed by atoms with Crippen LogP contribution in [0.3, 0.4) is 0 Å². The molecule has 7 nitrogen and oxygen atoms in total. The minimum Gasteiger partial charge on any atom is -0.354 e. The predicted octanol–water partition coefficient (Wildman–Crippen LogP) is 3.93. The highest BCUT2D eigenvalue weighted by atomic mass is 15.3. The number of hydrogen-bond acceptors (Lipinski definition) is 5. The first kappa shape index (κ1) is 19.0. The largest absolute Gasteiger partial charge is 0.354 e. The molecule has 1 fully saturated rings. The molecule has 1 aliphatic heterocycles. The van der Waals surface area contributed by atoms with Gasteiger partial charge in [-0.25, -0.2) is 9.97 Å². The van der Waals surface area contributed by atoms with Crippen LogP contribution < -0.4 is 4.90 Å². The molecule has 5 aromatic rings. The molecule has 0 amide bonds. The summed E-state index contributed by atoms with van der Waals surface area (Å²) in [4.78, 5) is 17.4. The first-order valence-corrected chi connectivity index (χ1v) is 10.9. The van der Waals surface area contributed by atoms with Crippen LogP contribution in [0.1, 0.15) is 0 Å². The first-order valence-electron chi connectivity index (χ1n) is 10.9. The number of benzene rings is 1. The second-order valence-electron chi connectivity index (χ2n) is 8.59. The summed E-state index contributed by atoms with van der Waals surface area (Å²) in [6.07, 6.45) is 7.96. The molecule has 0 saturated carbocycles. The Labute approximate surface area is 186 Å². The molecule has 0 spiro atoms. The van der Waals surface area contributed by atoms with Gasteiger partial charge < -0.3 is 14.8 Å². The van der Waals surface area contributed by atoms with Gasteiger partial charge in [0.15, 0.2) is 0 Å². The lowest BCUT2D eigenvalue weighted by Crippen LogP contribution is -2.44. The van der Waals surface area contributed by atoms with Gasteiger partial charge in [-0.1, -0.05) is 6.07 Å². The van der Waals surface area contributed by atoms with Crippen molar-refractivity contribution in [2.75, 3.05) is 38.1 Å². The van der Waals surface area contributed by atoms with Crippen molar-refractivity contribution in [3.63, 3.8) is 0 Å². The van der Waals surface area contributed by atoms with Crippen molar-refractivity contribution < 1.29 is 0 Å². The topological polar surface area (TPSA) is 65.9 Å². The molecule has 4 aromatic heterocycles. The van der Waals surface area contributed by atoms with Gasteiger partial charge in [-0.05, 0) is 42.9 Å². The van der Waals surface area contributed by atoms with Crippen LogP contribution in [0.25, 0.3) is 44.2 Å². The Morgan fingerprint density at radius 1 is 0.844 bits per heavy atom. The maximum atomic E-state index is 4.75. The molecule has 0 unspecified atom stereocenters. The molecule has 32 heavy (non-hydrogen) atoms. The summed E-state index contributed by atoms with van der Waals surface area (Å²) in [6, 6.07) is 12.9. The van der Waals surface area contributed by atoms with Crippen molar-refractivity contribution in [1.82, 2.24) is 29.6 Å². The number of H-pyrrole nitrogens is 1. The van der Waals surface area contributed by atoms with E-state index in [0.717, 1.165) is 76.2 Å². The highest BCUT2D eigenvalue weighted by Crippen LogP contribution is 2.32. The third-order valence-electron chi connectivity index (χ3n) is 6.37. The number of aromatic nitrogens is 5. The van der Waals surface area contributed by atoms with Crippen LogP contribution in [0.5, 0.6) is 0 Å². The monoisotopic (exact) mass is 423 g/mol. The molecule has 0 aliphatic carbocycles. The quantitative estimate of drug-likeness (QED) is 0.476. The lowest BCUT2D eigenvalue weighted by atomic mass is 10.0. The van der Waals surface area contributed by atoms with Crippen molar-refractivity contribution in [3.8, 4) is 22.3 Å². The van der Waals surface area contributed by atoms with Crippen LogP contribution in [0.4, 0.5) is 5.82 Å². The summed E-state index contributed by atoms with van der Waals surface area (Å²) in [7, 11) is 4.12. The molecule has 1 aliphatic rings. The third-order valence-corrected chi connectivity index (χ3v) is 6.37. The number of aryl methyl sites for hydroxylation is 1. The third kappa shape index (κ3) is 3.31. The number of rotatable bonds is 3. The smallest absolute Gasteiger partial charge is 0.137 e. The maximum Gasteiger partial charge on any atom is 0.137 e. The number of nitrogens with one attached hydrogen (secondary N) is 1. The molecule has 1 aromatic carbocycles. The van der Waals surface area contributed by atoms with Crippen LogP contribution in [-0.2, 0) is 7.05 Å². The van der Waals surface area contributed by atoms with Crippen LogP contribution in [0.2, 0.25) is 0 Å². The number of likely N-dealkylation sites (N-methyl/N-ethyl adjacent to an activating group) is 1. The number of nitrogens with zero attached hydrogens (tertiary/aromatic N) is 6. The molecule has 5 heterocycles. The van der Waals surface area contributed by atoms with E-state index in [-0.39, 0.29) is 0 Å². The molecule has 7 heteroatoms. The van der Waals surface area contributed by atoms with Gasteiger partial charge >= 0.3 is 0 Å². The van der Waals surface area contributed by atoms with Crippen LogP contribution in [-0.4, -0.2) is 62.9 Å². The van der Waals surface area contributed by atoms with Crippen LogP contribution in [0.15, 0.2) is 61.2 Å². The van der Waals surface area contributed by atoms with E-state index >= 15 is 0 Å². The summed E-state index contributed by atoms with van der Waals surface area (Å²) in [6.45, 7) is 4.19. The number of aromatic amines is 1. The van der Waals surface area contributed by atoms with Gasteiger partial charge in [0.1, 0.15) is 11.5 Å². The Morgan fingerprint density at radius 2 is 1.66 bits per heavy atom. The van der Waals surface area contributed by atoms with Gasteiger partial charge in [-0.3, -0.25) is 4.68 Å². The van der Waals surface area contributed by atoms with Crippen molar-refractivity contribution in [3.05, 3.63) is 61.2 Å². The Bertz CT molecular complexity index is 1410. The second-order valence-corrected chi connectivity index (χ2v) is 8.59. The van der Waals surface area contributed by atoms with Crippen molar-refractivity contribution in [2.45, 2.75) is 0 Å². The fraction of sp³-hybridized carbons (Fsp3) is 0.240. The zero-order valence-corrected chi connectivity index (χ0v) is 18.3. The average molecular weight is 424 g/mol. The van der Waals surface area contributed by atoms with E-state index in [1.807, 2.05) is 36.5 Å². The van der Waals surface area contributed by atoms with Gasteiger partial charge in [0.25, 0.3) is 0 Å². The van der Waals surface area contributed by atoms with Crippen LogP contribution in [0, 0.1) is 0 Å². The van der Waals surface area contributed by atoms with Gasteiger partial charge in [0.05, 0.1) is 5.52 Å².